The minimum atomic E-state index is -2.51. The summed E-state index contributed by atoms with van der Waals surface area (Å²) < 4.78 is 25.4. The van der Waals surface area contributed by atoms with Crippen LogP contribution < -0.4 is 5.32 Å². The number of aryl methyl sites for hydroxylation is 1. The van der Waals surface area contributed by atoms with E-state index in [1.54, 1.807) is 0 Å². The van der Waals surface area contributed by atoms with Crippen molar-refractivity contribution in [3.05, 3.63) is 35.4 Å². The normalized spacial score (nSPS) is 24.5. The quantitative estimate of drug-likeness (QED) is 0.910. The average molecular weight is 266 g/mol. The zero-order valence-electron chi connectivity index (χ0n) is 10.7. The molecule has 0 bridgehead atoms. The summed E-state index contributed by atoms with van der Waals surface area (Å²) in [5.41, 5.74) is 1.36. The van der Waals surface area contributed by atoms with Gasteiger partial charge in [0.05, 0.1) is 6.54 Å². The Bertz CT molecular complexity index is 514. The van der Waals surface area contributed by atoms with Gasteiger partial charge in [0.25, 0.3) is 6.43 Å². The van der Waals surface area contributed by atoms with Crippen molar-refractivity contribution in [2.45, 2.75) is 37.9 Å². The molecule has 2 aliphatic rings. The molecule has 0 radical (unpaired) electrons. The van der Waals surface area contributed by atoms with Crippen molar-refractivity contribution in [3.8, 4) is 0 Å². The van der Waals surface area contributed by atoms with Crippen molar-refractivity contribution in [1.29, 1.82) is 0 Å². The molecule has 1 aromatic carbocycles. The monoisotopic (exact) mass is 266 g/mol. The highest BCUT2D eigenvalue weighted by Gasteiger charge is 2.59. The van der Waals surface area contributed by atoms with E-state index in [1.165, 1.54) is 4.90 Å². The highest BCUT2D eigenvalue weighted by molar-refractivity contribution is 5.92. The van der Waals surface area contributed by atoms with Gasteiger partial charge in [0, 0.05) is 0 Å². The van der Waals surface area contributed by atoms with Gasteiger partial charge in [-0.3, -0.25) is 10.1 Å². The van der Waals surface area contributed by atoms with E-state index >= 15 is 0 Å². The summed E-state index contributed by atoms with van der Waals surface area (Å²) >= 11 is 0. The van der Waals surface area contributed by atoms with Crippen LogP contribution in [-0.2, 0) is 4.79 Å². The second-order valence-electron chi connectivity index (χ2n) is 5.39. The molecule has 1 unspecified atom stereocenters. The first-order valence-corrected chi connectivity index (χ1v) is 6.45. The van der Waals surface area contributed by atoms with Gasteiger partial charge in [-0.1, -0.05) is 29.8 Å². The fourth-order valence-corrected chi connectivity index (χ4v) is 2.72. The number of hydrogen-bond donors (Lipinski definition) is 1. The minimum absolute atomic E-state index is 0.181. The number of halogens is 2. The molecule has 0 aromatic heterocycles. The van der Waals surface area contributed by atoms with Crippen molar-refractivity contribution < 1.29 is 13.6 Å². The standard InChI is InChI=1S/C14H16F2N2O/c1-9-3-2-4-10(7-9)12-17-14(5-6-14)13(19)18(12)8-11(15)16/h2-4,7,11-12,17H,5-6,8H2,1H3. The molecule has 2 fully saturated rings. The van der Waals surface area contributed by atoms with Crippen molar-refractivity contribution in [2.24, 2.45) is 0 Å². The van der Waals surface area contributed by atoms with Crippen LogP contribution >= 0.6 is 0 Å². The lowest BCUT2D eigenvalue weighted by molar-refractivity contribution is -0.132. The zero-order valence-corrected chi connectivity index (χ0v) is 10.7. The number of carbonyl (C=O) groups excluding carboxylic acids is 1. The number of amides is 1. The molecule has 3 rings (SSSR count). The molecule has 1 spiro atoms. The van der Waals surface area contributed by atoms with E-state index in [9.17, 15) is 13.6 Å². The van der Waals surface area contributed by atoms with Gasteiger partial charge in [-0.2, -0.15) is 0 Å². The van der Waals surface area contributed by atoms with Gasteiger partial charge < -0.3 is 4.90 Å². The van der Waals surface area contributed by atoms with Gasteiger partial charge in [0.1, 0.15) is 11.7 Å². The van der Waals surface area contributed by atoms with Crippen molar-refractivity contribution in [1.82, 2.24) is 10.2 Å². The SMILES string of the molecule is Cc1cccc(C2NC3(CC3)C(=O)N2CC(F)F)c1. The number of nitrogens with one attached hydrogen (secondary N) is 1. The summed E-state index contributed by atoms with van der Waals surface area (Å²) in [4.78, 5) is 13.5. The van der Waals surface area contributed by atoms with Gasteiger partial charge in [0.2, 0.25) is 5.91 Å². The molecule has 5 heteroatoms. The molecule has 1 N–H and O–H groups in total. The highest BCUT2D eigenvalue weighted by Crippen LogP contribution is 2.46. The fraction of sp³-hybridized carbons (Fsp3) is 0.500. The van der Waals surface area contributed by atoms with Crippen LogP contribution in [0.1, 0.15) is 30.1 Å². The molecule has 1 aliphatic carbocycles. The Morgan fingerprint density at radius 1 is 1.47 bits per heavy atom. The molecule has 19 heavy (non-hydrogen) atoms. The number of nitrogens with zero attached hydrogens (tertiary/aromatic N) is 1. The van der Waals surface area contributed by atoms with Gasteiger partial charge >= 0.3 is 0 Å². The van der Waals surface area contributed by atoms with Crippen LogP contribution in [0, 0.1) is 6.92 Å². The minimum Gasteiger partial charge on any atom is -0.316 e. The number of carbonyl (C=O) groups is 1. The van der Waals surface area contributed by atoms with Gasteiger partial charge in [-0.05, 0) is 25.3 Å². The van der Waals surface area contributed by atoms with Gasteiger partial charge in [0.15, 0.2) is 0 Å². The van der Waals surface area contributed by atoms with E-state index in [-0.39, 0.29) is 5.91 Å². The Kier molecular flexibility index (Phi) is 2.82. The lowest BCUT2D eigenvalue weighted by Gasteiger charge is -2.24. The Labute approximate surface area is 110 Å². The predicted molar refractivity (Wildman–Crippen MR) is 66.7 cm³/mol. The molecular weight excluding hydrogens is 250 g/mol. The Hall–Kier alpha value is -1.49. The van der Waals surface area contributed by atoms with Crippen LogP contribution in [0.15, 0.2) is 24.3 Å². The maximum atomic E-state index is 12.7. The summed E-state index contributed by atoms with van der Waals surface area (Å²) in [5, 5.41) is 3.23. The maximum Gasteiger partial charge on any atom is 0.255 e. The first-order chi connectivity index (χ1) is 9.02. The van der Waals surface area contributed by atoms with Crippen molar-refractivity contribution >= 4 is 5.91 Å². The third-order valence-electron chi connectivity index (χ3n) is 3.84. The summed E-state index contributed by atoms with van der Waals surface area (Å²) in [6.07, 6.45) is -1.45. The molecule has 1 aliphatic heterocycles. The molecule has 1 saturated heterocycles. The second-order valence-corrected chi connectivity index (χ2v) is 5.39. The molecule has 1 saturated carbocycles. The molecule has 3 nitrogen and oxygen atoms in total. The van der Waals surface area contributed by atoms with Crippen molar-refractivity contribution in [2.75, 3.05) is 6.54 Å². The largest absolute Gasteiger partial charge is 0.316 e. The zero-order chi connectivity index (χ0) is 13.6. The maximum absolute atomic E-state index is 12.7. The van der Waals surface area contributed by atoms with Crippen LogP contribution in [0.4, 0.5) is 8.78 Å². The second kappa shape index (κ2) is 4.27. The van der Waals surface area contributed by atoms with E-state index in [0.29, 0.717) is 0 Å². The lowest BCUT2D eigenvalue weighted by Crippen LogP contribution is -2.35. The van der Waals surface area contributed by atoms with Crippen LogP contribution in [0.2, 0.25) is 0 Å². The Morgan fingerprint density at radius 2 is 2.21 bits per heavy atom. The van der Waals surface area contributed by atoms with Gasteiger partial charge in [-0.15, -0.1) is 0 Å². The lowest BCUT2D eigenvalue weighted by atomic mass is 10.1. The van der Waals surface area contributed by atoms with Crippen LogP contribution in [0.3, 0.4) is 0 Å². The average Bonchev–Trinajstić information content (AvgIpc) is 3.08. The van der Waals surface area contributed by atoms with E-state index in [4.69, 9.17) is 0 Å². The number of rotatable bonds is 3. The summed E-state index contributed by atoms with van der Waals surface area (Å²) in [6.45, 7) is 1.44. The molecular formula is C14H16F2N2O. The van der Waals surface area contributed by atoms with Crippen LogP contribution in [-0.4, -0.2) is 29.3 Å². The molecule has 102 valence electrons. The number of alkyl halides is 2. The van der Waals surface area contributed by atoms with Crippen LogP contribution in [0.25, 0.3) is 0 Å². The third kappa shape index (κ3) is 2.12. The molecule has 1 amide bonds. The Morgan fingerprint density at radius 3 is 2.79 bits per heavy atom. The van der Waals surface area contributed by atoms with E-state index in [1.807, 2.05) is 31.2 Å². The third-order valence-corrected chi connectivity index (χ3v) is 3.84. The van der Waals surface area contributed by atoms with E-state index < -0.39 is 24.7 Å². The molecule has 1 heterocycles. The topological polar surface area (TPSA) is 32.3 Å². The molecule has 1 aromatic rings. The first-order valence-electron chi connectivity index (χ1n) is 6.45. The van der Waals surface area contributed by atoms with Gasteiger partial charge in [-0.25, -0.2) is 8.78 Å². The number of hydrogen-bond acceptors (Lipinski definition) is 2. The smallest absolute Gasteiger partial charge is 0.255 e. The molecule has 1 atom stereocenters. The fourth-order valence-electron chi connectivity index (χ4n) is 2.72. The van der Waals surface area contributed by atoms with Crippen molar-refractivity contribution in [3.63, 3.8) is 0 Å². The summed E-state index contributed by atoms with van der Waals surface area (Å²) in [7, 11) is 0. The summed E-state index contributed by atoms with van der Waals surface area (Å²) in [5.74, 6) is -0.181. The van der Waals surface area contributed by atoms with E-state index in [0.717, 1.165) is 24.0 Å². The Balaban J connectivity index is 1.92. The highest BCUT2D eigenvalue weighted by atomic mass is 19.3. The van der Waals surface area contributed by atoms with E-state index in [2.05, 4.69) is 5.32 Å². The first kappa shape index (κ1) is 12.5. The predicted octanol–water partition coefficient (Wildman–Crippen LogP) is 2.22. The number of benzene rings is 1. The van der Waals surface area contributed by atoms with Crippen LogP contribution in [0.5, 0.6) is 0 Å². The summed E-state index contributed by atoms with van der Waals surface area (Å²) in [6, 6.07) is 7.64.